The average Bonchev–Trinajstić information content (AvgIpc) is 3.42. The first-order valence-corrected chi connectivity index (χ1v) is 12.1. The zero-order chi connectivity index (χ0) is 25.1. The molecule has 2 fully saturated rings. The Bertz CT molecular complexity index is 1260. The molecule has 5 rings (SSSR count). The van der Waals surface area contributed by atoms with Gasteiger partial charge in [0.05, 0.1) is 36.9 Å². The van der Waals surface area contributed by atoms with Gasteiger partial charge in [-0.25, -0.2) is 9.37 Å². The Morgan fingerprint density at radius 2 is 2.11 bits per heavy atom. The first-order chi connectivity index (χ1) is 17.5. The van der Waals surface area contributed by atoms with Gasteiger partial charge in [-0.2, -0.15) is 10.4 Å². The van der Waals surface area contributed by atoms with E-state index in [2.05, 4.69) is 38.3 Å². The third-order valence-electron chi connectivity index (χ3n) is 7.13. The maximum absolute atomic E-state index is 13.8. The number of pyridine rings is 1. The summed E-state index contributed by atoms with van der Waals surface area (Å²) in [6, 6.07) is 13.0. The number of rotatable bonds is 6. The van der Waals surface area contributed by atoms with Gasteiger partial charge in [0.2, 0.25) is 0 Å². The third-order valence-corrected chi connectivity index (χ3v) is 7.13. The summed E-state index contributed by atoms with van der Waals surface area (Å²) in [5, 5.41) is 28.9. The Balaban J connectivity index is 1.55. The summed E-state index contributed by atoms with van der Waals surface area (Å²) in [5.74, 6) is 1.62. The molecule has 0 radical (unpaired) electrons. The van der Waals surface area contributed by atoms with Gasteiger partial charge >= 0.3 is 0 Å². The zero-order valence-electron chi connectivity index (χ0n) is 20.2. The van der Waals surface area contributed by atoms with Gasteiger partial charge in [-0.3, -0.25) is 5.10 Å². The van der Waals surface area contributed by atoms with Gasteiger partial charge in [-0.1, -0.05) is 6.07 Å². The maximum atomic E-state index is 13.8. The molecule has 0 amide bonds. The summed E-state index contributed by atoms with van der Waals surface area (Å²) < 4.78 is 19.4. The highest BCUT2D eigenvalue weighted by atomic mass is 19.1. The summed E-state index contributed by atoms with van der Waals surface area (Å²) in [6.07, 6.45) is 4.00. The van der Waals surface area contributed by atoms with Gasteiger partial charge in [-0.05, 0) is 49.6 Å². The Morgan fingerprint density at radius 3 is 2.78 bits per heavy atom. The van der Waals surface area contributed by atoms with Crippen LogP contribution in [0.3, 0.4) is 0 Å². The lowest BCUT2D eigenvalue weighted by molar-refractivity contribution is 0.0985. The van der Waals surface area contributed by atoms with Crippen LogP contribution in [0.4, 0.5) is 27.5 Å². The SMILES string of the molecule is C[C@@H]1COCCN1c1cc(C2(C#N)CCN(c3cccc(F)c3)CC2)c(C=N)c(Nc2ccn[nH]2)n1. The number of nitriles is 1. The van der Waals surface area contributed by atoms with E-state index in [1.54, 1.807) is 18.3 Å². The van der Waals surface area contributed by atoms with Crippen LogP contribution in [0.2, 0.25) is 0 Å². The second-order valence-electron chi connectivity index (χ2n) is 9.31. The first kappa shape index (κ1) is 23.8. The molecule has 2 aliphatic rings. The van der Waals surface area contributed by atoms with Gasteiger partial charge in [0.1, 0.15) is 23.3 Å². The molecule has 9 nitrogen and oxygen atoms in total. The van der Waals surface area contributed by atoms with Crippen LogP contribution in [0.25, 0.3) is 0 Å². The fourth-order valence-electron chi connectivity index (χ4n) is 5.11. The van der Waals surface area contributed by atoms with Crippen molar-refractivity contribution in [1.82, 2.24) is 15.2 Å². The summed E-state index contributed by atoms with van der Waals surface area (Å²) in [4.78, 5) is 9.18. The van der Waals surface area contributed by atoms with Crippen LogP contribution in [0.5, 0.6) is 0 Å². The van der Waals surface area contributed by atoms with E-state index in [0.717, 1.165) is 17.1 Å². The third kappa shape index (κ3) is 4.50. The number of hydrogen-bond donors (Lipinski definition) is 3. The van der Waals surface area contributed by atoms with E-state index in [9.17, 15) is 9.65 Å². The molecule has 3 aromatic rings. The van der Waals surface area contributed by atoms with Gasteiger partial charge in [0.15, 0.2) is 0 Å². The highest BCUT2D eigenvalue weighted by molar-refractivity contribution is 5.89. The lowest BCUT2D eigenvalue weighted by atomic mass is 9.72. The molecular weight excluding hydrogens is 459 g/mol. The number of H-pyrrole nitrogens is 1. The Kier molecular flexibility index (Phi) is 6.57. The molecule has 0 saturated carbocycles. The predicted molar refractivity (Wildman–Crippen MR) is 137 cm³/mol. The summed E-state index contributed by atoms with van der Waals surface area (Å²) in [6.45, 7) is 5.17. The number of nitrogens with zero attached hydrogens (tertiary/aromatic N) is 5. The van der Waals surface area contributed by atoms with E-state index < -0.39 is 5.41 Å². The van der Waals surface area contributed by atoms with Crippen LogP contribution in [-0.4, -0.2) is 60.3 Å². The van der Waals surface area contributed by atoms with Gasteiger partial charge in [0.25, 0.3) is 0 Å². The normalized spacial score (nSPS) is 19.5. The number of halogens is 1. The highest BCUT2D eigenvalue weighted by Crippen LogP contribution is 2.41. The fraction of sp³-hybridized carbons (Fsp3) is 0.385. The first-order valence-electron chi connectivity index (χ1n) is 12.1. The van der Waals surface area contributed by atoms with Crippen molar-refractivity contribution in [1.29, 1.82) is 10.7 Å². The number of aromatic amines is 1. The molecule has 0 aliphatic carbocycles. The number of anilines is 4. The van der Waals surface area contributed by atoms with Crippen molar-refractivity contribution in [3.8, 4) is 6.07 Å². The van der Waals surface area contributed by atoms with E-state index in [0.29, 0.717) is 62.9 Å². The second-order valence-corrected chi connectivity index (χ2v) is 9.31. The molecule has 1 atom stereocenters. The number of benzene rings is 1. The maximum Gasteiger partial charge on any atom is 0.143 e. The molecule has 4 heterocycles. The molecule has 0 bridgehead atoms. The average molecular weight is 489 g/mol. The van der Waals surface area contributed by atoms with E-state index in [-0.39, 0.29) is 11.9 Å². The molecule has 186 valence electrons. The van der Waals surface area contributed by atoms with Crippen molar-refractivity contribution in [2.75, 3.05) is 48.0 Å². The molecule has 1 aromatic carbocycles. The molecule has 3 N–H and O–H groups in total. The standard InChI is InChI=1S/C26H29FN8O/c1-18-16-36-12-11-35(18)24-14-22(21(15-28)25(32-24)31-23-5-8-30-33-23)26(17-29)6-9-34(10-7-26)20-4-2-3-19(27)13-20/h2-5,8,13-15,18,28H,6-7,9-12,16H2,1H3,(H2,30,31,32,33)/t18-/m1/s1. The number of morpholine rings is 1. The Morgan fingerprint density at radius 1 is 1.28 bits per heavy atom. The molecule has 2 aliphatic heterocycles. The molecule has 0 unspecified atom stereocenters. The number of hydrogen-bond acceptors (Lipinski definition) is 8. The van der Waals surface area contributed by atoms with Crippen LogP contribution in [-0.2, 0) is 10.2 Å². The monoisotopic (exact) mass is 488 g/mol. The second kappa shape index (κ2) is 9.95. The van der Waals surface area contributed by atoms with E-state index >= 15 is 0 Å². The number of ether oxygens (including phenoxy) is 1. The van der Waals surface area contributed by atoms with Crippen molar-refractivity contribution in [3.05, 3.63) is 59.5 Å². The van der Waals surface area contributed by atoms with E-state index in [4.69, 9.17) is 15.1 Å². The van der Waals surface area contributed by atoms with Gasteiger partial charge in [-0.15, -0.1) is 0 Å². The highest BCUT2D eigenvalue weighted by Gasteiger charge is 2.40. The predicted octanol–water partition coefficient (Wildman–Crippen LogP) is 3.97. The summed E-state index contributed by atoms with van der Waals surface area (Å²) in [7, 11) is 0. The zero-order valence-corrected chi connectivity index (χ0v) is 20.2. The van der Waals surface area contributed by atoms with Crippen LogP contribution in [0.15, 0.2) is 42.6 Å². The lowest BCUT2D eigenvalue weighted by Crippen LogP contribution is -2.45. The molecule has 36 heavy (non-hydrogen) atoms. The van der Waals surface area contributed by atoms with Crippen molar-refractivity contribution >= 4 is 29.4 Å². The minimum atomic E-state index is -0.811. The van der Waals surface area contributed by atoms with Crippen molar-refractivity contribution in [2.45, 2.75) is 31.2 Å². The van der Waals surface area contributed by atoms with Gasteiger partial charge < -0.3 is 25.3 Å². The van der Waals surface area contributed by atoms with Crippen LogP contribution < -0.4 is 15.1 Å². The Labute approximate surface area is 209 Å². The quantitative estimate of drug-likeness (QED) is 0.450. The van der Waals surface area contributed by atoms with Crippen LogP contribution in [0, 0.1) is 22.6 Å². The minimum Gasteiger partial charge on any atom is -0.377 e. The van der Waals surface area contributed by atoms with E-state index in [1.807, 2.05) is 12.1 Å². The molecule has 0 spiro atoms. The smallest absolute Gasteiger partial charge is 0.143 e. The van der Waals surface area contributed by atoms with E-state index in [1.165, 1.54) is 18.3 Å². The number of aromatic nitrogens is 3. The van der Waals surface area contributed by atoms with Crippen molar-refractivity contribution in [3.63, 3.8) is 0 Å². The van der Waals surface area contributed by atoms with Gasteiger partial charge in [0, 0.05) is 43.2 Å². The summed E-state index contributed by atoms with van der Waals surface area (Å²) >= 11 is 0. The summed E-state index contributed by atoms with van der Waals surface area (Å²) in [5.41, 5.74) is 1.36. The van der Waals surface area contributed by atoms with Crippen molar-refractivity contribution < 1.29 is 9.13 Å². The van der Waals surface area contributed by atoms with Crippen molar-refractivity contribution in [2.24, 2.45) is 0 Å². The molecule has 2 aromatic heterocycles. The number of piperidine rings is 1. The lowest BCUT2D eigenvalue weighted by Gasteiger charge is -2.40. The fourth-order valence-corrected chi connectivity index (χ4v) is 5.11. The number of nitrogens with one attached hydrogen (secondary N) is 3. The minimum absolute atomic E-state index is 0.123. The largest absolute Gasteiger partial charge is 0.377 e. The van der Waals surface area contributed by atoms with Crippen LogP contribution in [0.1, 0.15) is 30.9 Å². The molecule has 10 heteroatoms. The molecular formula is C26H29FN8O. The van der Waals surface area contributed by atoms with Crippen LogP contribution >= 0.6 is 0 Å². The molecule has 2 saturated heterocycles. The topological polar surface area (TPSA) is 117 Å². The Hall–Kier alpha value is -3.97.